The summed E-state index contributed by atoms with van der Waals surface area (Å²) in [5.41, 5.74) is 0.542. The second kappa shape index (κ2) is 6.13. The maximum Gasteiger partial charge on any atom is 0.166 e. The molecule has 1 aromatic heterocycles. The van der Waals surface area contributed by atoms with Crippen LogP contribution in [-0.2, 0) is 0 Å². The summed E-state index contributed by atoms with van der Waals surface area (Å²) in [6.45, 7) is 6.00. The molecule has 0 amide bonds. The molecule has 1 aromatic rings. The Kier molecular flexibility index (Phi) is 4.24. The molecule has 0 aromatic carbocycles. The quantitative estimate of drug-likeness (QED) is 0.740. The standard InChI is InChI=1S/C11H16N6/c12-9-10-1-2-15-16-11(10)14-5-8-17-6-3-13-4-7-17/h1-2,13H,3-8H2,(H,14,16). The van der Waals surface area contributed by atoms with Crippen molar-refractivity contribution in [1.82, 2.24) is 20.4 Å². The van der Waals surface area contributed by atoms with Crippen LogP contribution in [0.3, 0.4) is 0 Å². The van der Waals surface area contributed by atoms with Crippen molar-refractivity contribution in [2.24, 2.45) is 0 Å². The molecular formula is C11H16N6. The summed E-state index contributed by atoms with van der Waals surface area (Å²) in [6.07, 6.45) is 1.53. The van der Waals surface area contributed by atoms with Gasteiger partial charge in [-0.15, -0.1) is 5.10 Å². The summed E-state index contributed by atoms with van der Waals surface area (Å²) in [5.74, 6) is 0.574. The molecule has 0 aliphatic carbocycles. The highest BCUT2D eigenvalue weighted by atomic mass is 15.2. The average molecular weight is 232 g/mol. The topological polar surface area (TPSA) is 76.9 Å². The summed E-state index contributed by atoms with van der Waals surface area (Å²) in [5, 5.41) is 23.0. The van der Waals surface area contributed by atoms with E-state index >= 15 is 0 Å². The molecule has 17 heavy (non-hydrogen) atoms. The number of rotatable bonds is 4. The Bertz CT molecular complexity index is 393. The van der Waals surface area contributed by atoms with E-state index < -0.39 is 0 Å². The van der Waals surface area contributed by atoms with Crippen LogP contribution in [0, 0.1) is 11.3 Å². The third-order valence-corrected chi connectivity index (χ3v) is 2.77. The highest BCUT2D eigenvalue weighted by Gasteiger charge is 2.09. The van der Waals surface area contributed by atoms with Gasteiger partial charge in [0.1, 0.15) is 6.07 Å². The Labute approximate surface area is 101 Å². The van der Waals surface area contributed by atoms with Gasteiger partial charge in [0.2, 0.25) is 0 Å². The Morgan fingerprint density at radius 2 is 2.29 bits per heavy atom. The minimum atomic E-state index is 0.542. The summed E-state index contributed by atoms with van der Waals surface area (Å²) >= 11 is 0. The highest BCUT2D eigenvalue weighted by Crippen LogP contribution is 2.07. The Morgan fingerprint density at radius 3 is 3.06 bits per heavy atom. The van der Waals surface area contributed by atoms with E-state index in [9.17, 15) is 0 Å². The minimum absolute atomic E-state index is 0.542. The normalized spacial score (nSPS) is 16.4. The van der Waals surface area contributed by atoms with Gasteiger partial charge in [-0.1, -0.05) is 0 Å². The fraction of sp³-hybridized carbons (Fsp3) is 0.545. The van der Waals surface area contributed by atoms with E-state index in [1.54, 1.807) is 6.07 Å². The van der Waals surface area contributed by atoms with Crippen molar-refractivity contribution in [2.45, 2.75) is 0 Å². The van der Waals surface area contributed by atoms with E-state index in [2.05, 4.69) is 31.8 Å². The fourth-order valence-electron chi connectivity index (χ4n) is 1.82. The van der Waals surface area contributed by atoms with Gasteiger partial charge in [0.25, 0.3) is 0 Å². The van der Waals surface area contributed by atoms with Gasteiger partial charge < -0.3 is 10.6 Å². The molecular weight excluding hydrogens is 216 g/mol. The molecule has 0 spiro atoms. The second-order valence-corrected chi connectivity index (χ2v) is 3.92. The molecule has 90 valence electrons. The van der Waals surface area contributed by atoms with Gasteiger partial charge in [0.05, 0.1) is 11.8 Å². The molecule has 1 aliphatic rings. The average Bonchev–Trinajstić information content (AvgIpc) is 2.40. The lowest BCUT2D eigenvalue weighted by Gasteiger charge is -2.27. The number of piperazine rings is 1. The number of hydrogen-bond acceptors (Lipinski definition) is 6. The van der Waals surface area contributed by atoms with Crippen LogP contribution < -0.4 is 10.6 Å². The van der Waals surface area contributed by atoms with Crippen LogP contribution in [0.15, 0.2) is 12.3 Å². The van der Waals surface area contributed by atoms with Gasteiger partial charge in [-0.2, -0.15) is 10.4 Å². The first-order chi connectivity index (χ1) is 8.40. The Hall–Kier alpha value is -1.71. The monoisotopic (exact) mass is 232 g/mol. The summed E-state index contributed by atoms with van der Waals surface area (Å²) < 4.78 is 0. The van der Waals surface area contributed by atoms with Gasteiger partial charge in [-0.3, -0.25) is 4.90 Å². The third kappa shape index (κ3) is 3.37. The van der Waals surface area contributed by atoms with E-state index in [0.29, 0.717) is 11.4 Å². The first-order valence-electron chi connectivity index (χ1n) is 5.79. The lowest BCUT2D eigenvalue weighted by Crippen LogP contribution is -2.45. The highest BCUT2D eigenvalue weighted by molar-refractivity contribution is 5.49. The molecule has 1 fully saturated rings. The van der Waals surface area contributed by atoms with Gasteiger partial charge in [-0.25, -0.2) is 0 Å². The molecule has 0 radical (unpaired) electrons. The van der Waals surface area contributed by atoms with Crippen LogP contribution in [0.4, 0.5) is 5.82 Å². The zero-order valence-electron chi connectivity index (χ0n) is 9.69. The van der Waals surface area contributed by atoms with Crippen molar-refractivity contribution in [3.8, 4) is 6.07 Å². The van der Waals surface area contributed by atoms with E-state index in [1.807, 2.05) is 0 Å². The van der Waals surface area contributed by atoms with Gasteiger partial charge in [-0.05, 0) is 6.07 Å². The molecule has 2 rings (SSSR count). The van der Waals surface area contributed by atoms with Crippen LogP contribution in [0.25, 0.3) is 0 Å². The first-order valence-corrected chi connectivity index (χ1v) is 5.79. The fourth-order valence-corrected chi connectivity index (χ4v) is 1.82. The van der Waals surface area contributed by atoms with Crippen LogP contribution in [0.2, 0.25) is 0 Å². The van der Waals surface area contributed by atoms with Crippen molar-refractivity contribution in [3.05, 3.63) is 17.8 Å². The Morgan fingerprint density at radius 1 is 1.47 bits per heavy atom. The second-order valence-electron chi connectivity index (χ2n) is 3.92. The van der Waals surface area contributed by atoms with E-state index in [4.69, 9.17) is 5.26 Å². The molecule has 6 nitrogen and oxygen atoms in total. The maximum absolute atomic E-state index is 8.89. The van der Waals surface area contributed by atoms with E-state index in [0.717, 1.165) is 39.3 Å². The van der Waals surface area contributed by atoms with Gasteiger partial charge in [0, 0.05) is 39.3 Å². The number of nitrogens with one attached hydrogen (secondary N) is 2. The zero-order valence-corrected chi connectivity index (χ0v) is 9.69. The van der Waals surface area contributed by atoms with Crippen molar-refractivity contribution in [3.63, 3.8) is 0 Å². The predicted molar refractivity (Wildman–Crippen MR) is 64.5 cm³/mol. The first kappa shape index (κ1) is 11.8. The molecule has 0 saturated carbocycles. The molecule has 0 atom stereocenters. The molecule has 2 heterocycles. The number of nitrogens with zero attached hydrogens (tertiary/aromatic N) is 4. The summed E-state index contributed by atoms with van der Waals surface area (Å²) in [6, 6.07) is 3.76. The van der Waals surface area contributed by atoms with E-state index in [-0.39, 0.29) is 0 Å². The predicted octanol–water partition coefficient (Wildman–Crippen LogP) is -0.335. The number of anilines is 1. The number of aromatic nitrogens is 2. The third-order valence-electron chi connectivity index (χ3n) is 2.77. The lowest BCUT2D eigenvalue weighted by molar-refractivity contribution is 0.249. The van der Waals surface area contributed by atoms with Crippen LogP contribution in [-0.4, -0.2) is 54.4 Å². The van der Waals surface area contributed by atoms with Gasteiger partial charge in [0.15, 0.2) is 5.82 Å². The maximum atomic E-state index is 8.89. The van der Waals surface area contributed by atoms with Crippen LogP contribution >= 0.6 is 0 Å². The van der Waals surface area contributed by atoms with Gasteiger partial charge >= 0.3 is 0 Å². The zero-order chi connectivity index (χ0) is 11.9. The smallest absolute Gasteiger partial charge is 0.166 e. The molecule has 2 N–H and O–H groups in total. The molecule has 6 heteroatoms. The SMILES string of the molecule is N#Cc1ccnnc1NCCN1CCNCC1. The summed E-state index contributed by atoms with van der Waals surface area (Å²) in [4.78, 5) is 2.38. The van der Waals surface area contributed by atoms with Crippen molar-refractivity contribution < 1.29 is 0 Å². The molecule has 0 unspecified atom stereocenters. The number of hydrogen-bond donors (Lipinski definition) is 2. The Balaban J connectivity index is 1.79. The van der Waals surface area contributed by atoms with Crippen molar-refractivity contribution in [2.75, 3.05) is 44.6 Å². The van der Waals surface area contributed by atoms with Crippen molar-refractivity contribution >= 4 is 5.82 Å². The molecule has 0 bridgehead atoms. The molecule has 1 saturated heterocycles. The largest absolute Gasteiger partial charge is 0.366 e. The van der Waals surface area contributed by atoms with Crippen molar-refractivity contribution in [1.29, 1.82) is 5.26 Å². The molecule has 1 aliphatic heterocycles. The number of nitriles is 1. The van der Waals surface area contributed by atoms with Crippen LogP contribution in [0.5, 0.6) is 0 Å². The van der Waals surface area contributed by atoms with Crippen LogP contribution in [0.1, 0.15) is 5.56 Å². The van der Waals surface area contributed by atoms with E-state index in [1.165, 1.54) is 6.20 Å². The lowest BCUT2D eigenvalue weighted by atomic mass is 10.3. The minimum Gasteiger partial charge on any atom is -0.366 e. The summed E-state index contributed by atoms with van der Waals surface area (Å²) in [7, 11) is 0.